The van der Waals surface area contributed by atoms with Gasteiger partial charge in [0.05, 0.1) is 6.34 Å². The van der Waals surface area contributed by atoms with Gasteiger partial charge in [-0.1, -0.05) is 11.6 Å². The van der Waals surface area contributed by atoms with Crippen LogP contribution in [0.3, 0.4) is 0 Å². The maximum absolute atomic E-state index is 6.21. The first kappa shape index (κ1) is 12.3. The standard InChI is InChI=1S/C9H18ClN5/c1-6(2)13-8-11-5-12-9(10,15-8)14-7(3)4/h5-7,14H,1-4H3,(H2,11,12,13,15). The van der Waals surface area contributed by atoms with Crippen LogP contribution >= 0.6 is 11.6 Å². The molecule has 1 aliphatic heterocycles. The minimum Gasteiger partial charge on any atom is -0.317 e. The summed E-state index contributed by atoms with van der Waals surface area (Å²) in [5, 5.41) is 7.99. The number of guanidine groups is 1. The summed E-state index contributed by atoms with van der Waals surface area (Å²) in [6.07, 6.45) is 1.54. The van der Waals surface area contributed by atoms with Crippen LogP contribution < -0.4 is 16.0 Å². The number of aliphatic imine (C=N–C) groups is 2. The normalized spacial score (nSPS) is 28.3. The molecule has 0 saturated carbocycles. The third kappa shape index (κ3) is 4.05. The Morgan fingerprint density at radius 1 is 1.47 bits per heavy atom. The Balaban J connectivity index is 2.71. The Hall–Kier alpha value is -0.810. The number of hydrogen-bond donors (Lipinski definition) is 3. The van der Waals surface area contributed by atoms with Gasteiger partial charge in [-0.25, -0.2) is 4.99 Å². The number of alkyl halides is 1. The summed E-state index contributed by atoms with van der Waals surface area (Å²) in [5.74, 6) is 0.628. The highest BCUT2D eigenvalue weighted by Crippen LogP contribution is 2.11. The minimum atomic E-state index is -0.993. The molecule has 1 unspecified atom stereocenters. The van der Waals surface area contributed by atoms with Crippen molar-refractivity contribution in [2.45, 2.75) is 45.0 Å². The van der Waals surface area contributed by atoms with Crippen LogP contribution in [0.4, 0.5) is 0 Å². The molecule has 0 aromatic heterocycles. The molecule has 1 atom stereocenters. The lowest BCUT2D eigenvalue weighted by Crippen LogP contribution is -2.61. The van der Waals surface area contributed by atoms with Gasteiger partial charge in [-0.2, -0.15) is 0 Å². The Labute approximate surface area is 95.4 Å². The molecule has 0 fully saturated rings. The first-order valence-electron chi connectivity index (χ1n) is 5.04. The van der Waals surface area contributed by atoms with E-state index in [1.54, 1.807) is 6.34 Å². The van der Waals surface area contributed by atoms with Gasteiger partial charge in [-0.05, 0) is 27.7 Å². The Kier molecular flexibility index (Phi) is 3.93. The lowest BCUT2D eigenvalue weighted by Gasteiger charge is -2.31. The molecule has 86 valence electrons. The zero-order valence-corrected chi connectivity index (χ0v) is 10.3. The molecule has 6 heteroatoms. The Morgan fingerprint density at radius 2 is 2.13 bits per heavy atom. The summed E-state index contributed by atoms with van der Waals surface area (Å²) < 4.78 is 0. The van der Waals surface area contributed by atoms with Crippen LogP contribution in [-0.4, -0.2) is 29.6 Å². The second-order valence-electron chi connectivity index (χ2n) is 4.02. The number of rotatable bonds is 3. The van der Waals surface area contributed by atoms with E-state index >= 15 is 0 Å². The molecule has 0 radical (unpaired) electrons. The van der Waals surface area contributed by atoms with E-state index in [0.717, 1.165) is 0 Å². The van der Waals surface area contributed by atoms with Crippen LogP contribution in [-0.2, 0) is 0 Å². The van der Waals surface area contributed by atoms with Gasteiger partial charge in [0.2, 0.25) is 5.96 Å². The van der Waals surface area contributed by atoms with Crippen LogP contribution in [0.1, 0.15) is 27.7 Å². The van der Waals surface area contributed by atoms with Crippen molar-refractivity contribution in [3.63, 3.8) is 0 Å². The lowest BCUT2D eigenvalue weighted by atomic mass is 10.4. The van der Waals surface area contributed by atoms with E-state index in [4.69, 9.17) is 11.6 Å². The first-order chi connectivity index (χ1) is 6.91. The summed E-state index contributed by atoms with van der Waals surface area (Å²) in [6, 6.07) is 0.428. The molecule has 0 bridgehead atoms. The number of halogens is 1. The quantitative estimate of drug-likeness (QED) is 0.498. The van der Waals surface area contributed by atoms with Gasteiger partial charge < -0.3 is 10.6 Å². The molecule has 0 saturated heterocycles. The monoisotopic (exact) mass is 231 g/mol. The highest BCUT2D eigenvalue weighted by molar-refractivity contribution is 6.25. The average molecular weight is 232 g/mol. The maximum Gasteiger partial charge on any atom is 0.269 e. The molecule has 0 aliphatic carbocycles. The highest BCUT2D eigenvalue weighted by Gasteiger charge is 2.29. The summed E-state index contributed by atoms with van der Waals surface area (Å²) in [6.45, 7) is 7.99. The van der Waals surface area contributed by atoms with Crippen LogP contribution in [0.2, 0.25) is 0 Å². The molecular weight excluding hydrogens is 214 g/mol. The third-order valence-corrected chi connectivity index (χ3v) is 1.90. The highest BCUT2D eigenvalue weighted by atomic mass is 35.5. The van der Waals surface area contributed by atoms with E-state index < -0.39 is 5.25 Å². The fourth-order valence-corrected chi connectivity index (χ4v) is 1.55. The topological polar surface area (TPSA) is 60.8 Å². The largest absolute Gasteiger partial charge is 0.317 e. The van der Waals surface area contributed by atoms with Gasteiger partial charge in [0.25, 0.3) is 5.25 Å². The van der Waals surface area contributed by atoms with E-state index in [0.29, 0.717) is 5.96 Å². The Bertz CT molecular complexity index is 274. The molecule has 15 heavy (non-hydrogen) atoms. The van der Waals surface area contributed by atoms with Crippen molar-refractivity contribution in [2.75, 3.05) is 0 Å². The van der Waals surface area contributed by atoms with Gasteiger partial charge >= 0.3 is 0 Å². The van der Waals surface area contributed by atoms with E-state index in [2.05, 4.69) is 25.9 Å². The van der Waals surface area contributed by atoms with E-state index in [1.165, 1.54) is 0 Å². The molecule has 0 amide bonds. The Morgan fingerprint density at radius 3 is 2.67 bits per heavy atom. The molecular formula is C9H18ClN5. The summed E-state index contributed by atoms with van der Waals surface area (Å²) in [5.41, 5.74) is 0. The maximum atomic E-state index is 6.21. The second-order valence-corrected chi connectivity index (χ2v) is 4.57. The summed E-state index contributed by atoms with van der Waals surface area (Å²) >= 11 is 6.21. The van der Waals surface area contributed by atoms with Gasteiger partial charge in [0, 0.05) is 12.1 Å². The third-order valence-electron chi connectivity index (χ3n) is 1.60. The molecule has 0 aromatic rings. The molecule has 1 rings (SSSR count). The molecule has 0 spiro atoms. The lowest BCUT2D eigenvalue weighted by molar-refractivity contribution is 0.395. The van der Waals surface area contributed by atoms with Gasteiger partial charge in [-0.15, -0.1) is 0 Å². The number of nitrogens with one attached hydrogen (secondary N) is 3. The van der Waals surface area contributed by atoms with Crippen molar-refractivity contribution in [2.24, 2.45) is 9.98 Å². The van der Waals surface area contributed by atoms with Crippen molar-refractivity contribution in [1.29, 1.82) is 0 Å². The first-order valence-corrected chi connectivity index (χ1v) is 5.42. The number of nitrogens with zero attached hydrogens (tertiary/aromatic N) is 2. The smallest absolute Gasteiger partial charge is 0.269 e. The van der Waals surface area contributed by atoms with Crippen LogP contribution in [0, 0.1) is 0 Å². The minimum absolute atomic E-state index is 0.200. The average Bonchev–Trinajstić information content (AvgIpc) is 1.99. The van der Waals surface area contributed by atoms with Crippen molar-refractivity contribution in [1.82, 2.24) is 16.0 Å². The molecule has 1 aliphatic rings. The van der Waals surface area contributed by atoms with Crippen molar-refractivity contribution in [3.05, 3.63) is 0 Å². The SMILES string of the molecule is CC(C)N=C1NC=NC(Cl)(NC(C)C)N1. The zero-order chi connectivity index (χ0) is 11.5. The van der Waals surface area contributed by atoms with E-state index in [9.17, 15) is 0 Å². The van der Waals surface area contributed by atoms with E-state index in [1.807, 2.05) is 27.7 Å². The predicted molar refractivity (Wildman–Crippen MR) is 64.2 cm³/mol. The van der Waals surface area contributed by atoms with Gasteiger partial charge in [0.1, 0.15) is 0 Å². The molecule has 5 nitrogen and oxygen atoms in total. The zero-order valence-electron chi connectivity index (χ0n) is 9.50. The van der Waals surface area contributed by atoms with Crippen LogP contribution in [0.5, 0.6) is 0 Å². The van der Waals surface area contributed by atoms with Crippen molar-refractivity contribution < 1.29 is 0 Å². The van der Waals surface area contributed by atoms with Crippen molar-refractivity contribution in [3.8, 4) is 0 Å². The predicted octanol–water partition coefficient (Wildman–Crippen LogP) is 0.820. The molecule has 3 N–H and O–H groups in total. The fraction of sp³-hybridized carbons (Fsp3) is 0.778. The van der Waals surface area contributed by atoms with Crippen LogP contribution in [0.15, 0.2) is 9.98 Å². The summed E-state index contributed by atoms with van der Waals surface area (Å²) in [4.78, 5) is 8.40. The molecule has 0 aromatic carbocycles. The van der Waals surface area contributed by atoms with Gasteiger partial charge in [-0.3, -0.25) is 10.3 Å². The summed E-state index contributed by atoms with van der Waals surface area (Å²) in [7, 11) is 0. The van der Waals surface area contributed by atoms with E-state index in [-0.39, 0.29) is 12.1 Å². The van der Waals surface area contributed by atoms with Gasteiger partial charge in [0.15, 0.2) is 0 Å². The van der Waals surface area contributed by atoms with Crippen molar-refractivity contribution >= 4 is 23.9 Å². The number of hydrogen-bond acceptors (Lipinski definition) is 3. The fourth-order valence-electron chi connectivity index (χ4n) is 1.19. The molecule has 1 heterocycles. The second kappa shape index (κ2) is 4.81. The van der Waals surface area contributed by atoms with Crippen LogP contribution in [0.25, 0.3) is 0 Å².